The molecule has 4 rings (SSSR count). The van der Waals surface area contributed by atoms with Crippen LogP contribution in [-0.2, 0) is 11.3 Å². The van der Waals surface area contributed by atoms with Crippen molar-refractivity contribution in [2.24, 2.45) is 0 Å². The zero-order chi connectivity index (χ0) is 24.0. The Morgan fingerprint density at radius 2 is 1.88 bits per heavy atom. The summed E-state index contributed by atoms with van der Waals surface area (Å²) in [5, 5.41) is 12.5. The minimum Gasteiger partial charge on any atom is -0.497 e. The third-order valence-electron chi connectivity index (χ3n) is 5.29. The molecule has 10 heteroatoms. The Hall–Kier alpha value is -3.37. The molecule has 1 aliphatic rings. The highest BCUT2D eigenvalue weighted by atomic mass is 19.4. The maximum absolute atomic E-state index is 12.0. The number of benzene rings is 2. The third-order valence-corrected chi connectivity index (χ3v) is 5.29. The first-order valence-electron chi connectivity index (χ1n) is 10.2. The number of aliphatic carboxylic acids is 1. The van der Waals surface area contributed by atoms with E-state index in [1.165, 1.54) is 5.56 Å². The number of hydrogen-bond donors (Lipinski definition) is 3. The van der Waals surface area contributed by atoms with E-state index in [4.69, 9.17) is 14.6 Å². The number of piperazine rings is 1. The number of nitrogens with zero attached hydrogens (tertiary/aromatic N) is 1. The van der Waals surface area contributed by atoms with Gasteiger partial charge in [-0.3, -0.25) is 9.69 Å². The van der Waals surface area contributed by atoms with Crippen molar-refractivity contribution in [3.05, 3.63) is 76.2 Å². The maximum Gasteiger partial charge on any atom is 0.490 e. The number of aromatic nitrogens is 1. The van der Waals surface area contributed by atoms with Gasteiger partial charge in [-0.05, 0) is 34.7 Å². The predicted octanol–water partition coefficient (Wildman–Crippen LogP) is 3.32. The van der Waals surface area contributed by atoms with Crippen LogP contribution in [0.5, 0.6) is 5.75 Å². The zero-order valence-corrected chi connectivity index (χ0v) is 17.9. The Morgan fingerprint density at radius 3 is 2.55 bits per heavy atom. The van der Waals surface area contributed by atoms with E-state index < -0.39 is 12.1 Å². The molecule has 3 aromatic rings. The molecule has 0 amide bonds. The number of hydrogen-bond acceptors (Lipinski definition) is 5. The SMILES string of the molecule is COc1cccc(C2CN(Cc3c[nH]c(=O)c4ccccc34)CCN2)c1.O=C(O)C(F)(F)F. The molecule has 1 aliphatic heterocycles. The average molecular weight is 463 g/mol. The molecule has 1 fully saturated rings. The van der Waals surface area contributed by atoms with Crippen LogP contribution in [0, 0.1) is 0 Å². The second-order valence-corrected chi connectivity index (χ2v) is 7.51. The molecule has 0 aliphatic carbocycles. The van der Waals surface area contributed by atoms with E-state index in [2.05, 4.69) is 27.3 Å². The summed E-state index contributed by atoms with van der Waals surface area (Å²) in [6, 6.07) is 16.3. The first kappa shape index (κ1) is 24.3. The monoisotopic (exact) mass is 463 g/mol. The second kappa shape index (κ2) is 10.5. The van der Waals surface area contributed by atoms with Crippen molar-refractivity contribution in [1.29, 1.82) is 0 Å². The average Bonchev–Trinajstić information content (AvgIpc) is 2.81. The van der Waals surface area contributed by atoms with E-state index >= 15 is 0 Å². The molecule has 1 saturated heterocycles. The first-order chi connectivity index (χ1) is 15.7. The van der Waals surface area contributed by atoms with Crippen LogP contribution in [0.2, 0.25) is 0 Å². The van der Waals surface area contributed by atoms with E-state index in [1.54, 1.807) is 7.11 Å². The number of aromatic amines is 1. The lowest BCUT2D eigenvalue weighted by molar-refractivity contribution is -0.192. The normalized spacial score (nSPS) is 16.7. The van der Waals surface area contributed by atoms with Crippen molar-refractivity contribution in [3.8, 4) is 5.75 Å². The van der Waals surface area contributed by atoms with Crippen LogP contribution in [0.25, 0.3) is 10.8 Å². The van der Waals surface area contributed by atoms with Gasteiger partial charge in [-0.1, -0.05) is 30.3 Å². The van der Waals surface area contributed by atoms with Gasteiger partial charge in [-0.2, -0.15) is 13.2 Å². The number of methoxy groups -OCH3 is 1. The molecule has 0 radical (unpaired) electrons. The Morgan fingerprint density at radius 1 is 1.18 bits per heavy atom. The molecule has 176 valence electrons. The van der Waals surface area contributed by atoms with Gasteiger partial charge in [0, 0.05) is 43.8 Å². The minimum atomic E-state index is -5.08. The molecular formula is C23H24F3N3O4. The van der Waals surface area contributed by atoms with Gasteiger partial charge in [-0.15, -0.1) is 0 Å². The van der Waals surface area contributed by atoms with Crippen LogP contribution >= 0.6 is 0 Å². The van der Waals surface area contributed by atoms with Gasteiger partial charge in [0.15, 0.2) is 0 Å². The highest BCUT2D eigenvalue weighted by molar-refractivity contribution is 5.84. The van der Waals surface area contributed by atoms with Crippen molar-refractivity contribution < 1.29 is 27.8 Å². The highest BCUT2D eigenvalue weighted by Gasteiger charge is 2.38. The third kappa shape index (κ3) is 6.33. The van der Waals surface area contributed by atoms with Gasteiger partial charge in [0.05, 0.1) is 7.11 Å². The fourth-order valence-electron chi connectivity index (χ4n) is 3.68. The second-order valence-electron chi connectivity index (χ2n) is 7.51. The van der Waals surface area contributed by atoms with Crippen molar-refractivity contribution in [2.45, 2.75) is 18.8 Å². The van der Waals surface area contributed by atoms with Crippen LogP contribution in [0.4, 0.5) is 13.2 Å². The fraction of sp³-hybridized carbons (Fsp3) is 0.304. The summed E-state index contributed by atoms with van der Waals surface area (Å²) in [5.41, 5.74) is 2.37. The number of ether oxygens (including phenoxy) is 1. The van der Waals surface area contributed by atoms with Crippen LogP contribution < -0.4 is 15.6 Å². The van der Waals surface area contributed by atoms with Crippen molar-refractivity contribution in [3.63, 3.8) is 0 Å². The Labute approximate surface area is 187 Å². The number of H-pyrrole nitrogens is 1. The molecular weight excluding hydrogens is 439 g/mol. The van der Waals surface area contributed by atoms with Crippen molar-refractivity contribution in [1.82, 2.24) is 15.2 Å². The number of nitrogens with one attached hydrogen (secondary N) is 2. The Balaban J connectivity index is 0.000000383. The molecule has 2 heterocycles. The van der Waals surface area contributed by atoms with E-state index in [-0.39, 0.29) is 11.6 Å². The highest BCUT2D eigenvalue weighted by Crippen LogP contribution is 2.23. The molecule has 2 aromatic carbocycles. The van der Waals surface area contributed by atoms with E-state index in [0.717, 1.165) is 48.3 Å². The molecule has 1 aromatic heterocycles. The Kier molecular flexibility index (Phi) is 7.72. The minimum absolute atomic E-state index is 0.0288. The summed E-state index contributed by atoms with van der Waals surface area (Å²) in [7, 11) is 1.70. The van der Waals surface area contributed by atoms with Crippen molar-refractivity contribution in [2.75, 3.05) is 26.7 Å². The summed E-state index contributed by atoms with van der Waals surface area (Å²) in [6.07, 6.45) is -3.23. The fourth-order valence-corrected chi connectivity index (χ4v) is 3.68. The molecule has 0 saturated carbocycles. The lowest BCUT2D eigenvalue weighted by Crippen LogP contribution is -2.45. The lowest BCUT2D eigenvalue weighted by Gasteiger charge is -2.34. The van der Waals surface area contributed by atoms with Gasteiger partial charge in [-0.25, -0.2) is 4.79 Å². The number of halogens is 3. The summed E-state index contributed by atoms with van der Waals surface area (Å²) in [4.78, 5) is 26.2. The summed E-state index contributed by atoms with van der Waals surface area (Å²) in [6.45, 7) is 3.65. The number of carboxylic acids is 1. The quantitative estimate of drug-likeness (QED) is 0.550. The predicted molar refractivity (Wildman–Crippen MR) is 117 cm³/mol. The molecule has 0 spiro atoms. The Bertz CT molecular complexity index is 1160. The molecule has 7 nitrogen and oxygen atoms in total. The molecule has 1 atom stereocenters. The first-order valence-corrected chi connectivity index (χ1v) is 10.2. The van der Waals surface area contributed by atoms with Crippen molar-refractivity contribution >= 4 is 16.7 Å². The number of carboxylic acid groups (broad SMARTS) is 1. The van der Waals surface area contributed by atoms with Crippen LogP contribution in [0.3, 0.4) is 0 Å². The molecule has 3 N–H and O–H groups in total. The topological polar surface area (TPSA) is 94.7 Å². The zero-order valence-electron chi connectivity index (χ0n) is 17.9. The van der Waals surface area contributed by atoms with Gasteiger partial charge >= 0.3 is 12.1 Å². The summed E-state index contributed by atoms with van der Waals surface area (Å²) in [5.74, 6) is -1.87. The summed E-state index contributed by atoms with van der Waals surface area (Å²) >= 11 is 0. The van der Waals surface area contributed by atoms with Crippen LogP contribution in [0.15, 0.2) is 59.5 Å². The standard InChI is InChI=1S/C21H23N3O2.C2HF3O2/c1-26-17-6-4-5-15(11-17)20-14-24(10-9-22-20)13-16-12-23-21(25)19-8-3-2-7-18(16)19;3-2(4,5)1(6)7/h2-8,11-12,20,22H,9-10,13-14H2,1H3,(H,23,25);(H,6,7). The van der Waals surface area contributed by atoms with E-state index in [0.29, 0.717) is 0 Å². The van der Waals surface area contributed by atoms with E-state index in [9.17, 15) is 18.0 Å². The van der Waals surface area contributed by atoms with Crippen LogP contribution in [0.1, 0.15) is 17.2 Å². The molecule has 0 bridgehead atoms. The smallest absolute Gasteiger partial charge is 0.490 e. The largest absolute Gasteiger partial charge is 0.497 e. The number of rotatable bonds is 4. The van der Waals surface area contributed by atoms with Gasteiger partial charge in [0.25, 0.3) is 5.56 Å². The van der Waals surface area contributed by atoms with Gasteiger partial charge in [0.1, 0.15) is 5.75 Å². The number of pyridine rings is 1. The number of alkyl halides is 3. The molecule has 33 heavy (non-hydrogen) atoms. The lowest BCUT2D eigenvalue weighted by atomic mass is 10.0. The van der Waals surface area contributed by atoms with Crippen LogP contribution in [-0.4, -0.2) is 53.9 Å². The van der Waals surface area contributed by atoms with E-state index in [1.807, 2.05) is 42.6 Å². The molecule has 1 unspecified atom stereocenters. The number of carbonyl (C=O) groups is 1. The van der Waals surface area contributed by atoms with Gasteiger partial charge < -0.3 is 20.1 Å². The maximum atomic E-state index is 12.0. The summed E-state index contributed by atoms with van der Waals surface area (Å²) < 4.78 is 37.1. The number of fused-ring (bicyclic) bond motifs is 1. The van der Waals surface area contributed by atoms with Gasteiger partial charge in [0.2, 0.25) is 0 Å².